The van der Waals surface area contributed by atoms with E-state index in [4.69, 9.17) is 0 Å². The van der Waals surface area contributed by atoms with Crippen LogP contribution in [0.4, 0.5) is 0 Å². The predicted octanol–water partition coefficient (Wildman–Crippen LogP) is 1.71. The van der Waals surface area contributed by atoms with Gasteiger partial charge in [0.1, 0.15) is 0 Å². The molecule has 0 bridgehead atoms. The van der Waals surface area contributed by atoms with Crippen molar-refractivity contribution < 1.29 is 4.79 Å². The molecule has 2 heterocycles. The third-order valence-corrected chi connectivity index (χ3v) is 2.13. The van der Waals surface area contributed by atoms with Gasteiger partial charge in [-0.3, -0.25) is 4.79 Å². The maximum Gasteiger partial charge on any atom is 0.151 e. The van der Waals surface area contributed by atoms with Crippen LogP contribution < -0.4 is 0 Å². The Morgan fingerprint density at radius 1 is 1.62 bits per heavy atom. The van der Waals surface area contributed by atoms with E-state index in [9.17, 15) is 4.79 Å². The fourth-order valence-electron chi connectivity index (χ4n) is 1.54. The van der Waals surface area contributed by atoms with Crippen LogP contribution in [0.1, 0.15) is 23.0 Å². The number of aldehydes is 1. The van der Waals surface area contributed by atoms with Crippen molar-refractivity contribution in [3.63, 3.8) is 0 Å². The molecule has 2 aromatic rings. The number of nitrogens with zero attached hydrogens (tertiary/aromatic N) is 2. The number of rotatable bonds is 2. The van der Waals surface area contributed by atoms with Crippen LogP contribution in [0, 0.1) is 0 Å². The lowest BCUT2D eigenvalue weighted by molar-refractivity contribution is 0.112. The highest BCUT2D eigenvalue weighted by Crippen LogP contribution is 2.13. The molecule has 0 aliphatic heterocycles. The number of aromatic nitrogens is 2. The summed E-state index contributed by atoms with van der Waals surface area (Å²) >= 11 is 0. The molecule has 0 fully saturated rings. The zero-order valence-corrected chi connectivity index (χ0v) is 7.40. The largest absolute Gasteiger partial charge is 0.298 e. The minimum absolute atomic E-state index is 0.737. The molecule has 0 aromatic carbocycles. The van der Waals surface area contributed by atoms with Gasteiger partial charge in [-0.05, 0) is 24.6 Å². The molecule has 3 heteroatoms. The van der Waals surface area contributed by atoms with Crippen LogP contribution in [0.5, 0.6) is 0 Å². The molecule has 0 atom stereocenters. The Morgan fingerprint density at radius 2 is 2.46 bits per heavy atom. The van der Waals surface area contributed by atoms with Gasteiger partial charge in [0.25, 0.3) is 0 Å². The molecule has 0 radical (unpaired) electrons. The SMILES string of the molecule is CCc1c(C=O)cc2cccnn12. The highest BCUT2D eigenvalue weighted by molar-refractivity contribution is 5.80. The Kier molecular flexibility index (Phi) is 1.85. The molecule has 0 spiro atoms. The highest BCUT2D eigenvalue weighted by Gasteiger charge is 2.07. The molecular weight excluding hydrogens is 164 g/mol. The van der Waals surface area contributed by atoms with E-state index in [1.807, 2.05) is 29.6 Å². The zero-order valence-electron chi connectivity index (χ0n) is 7.40. The summed E-state index contributed by atoms with van der Waals surface area (Å²) in [6.07, 6.45) is 3.42. The van der Waals surface area contributed by atoms with Crippen molar-refractivity contribution in [2.24, 2.45) is 0 Å². The van der Waals surface area contributed by atoms with Crippen molar-refractivity contribution in [1.29, 1.82) is 0 Å². The van der Waals surface area contributed by atoms with E-state index in [1.54, 1.807) is 6.20 Å². The van der Waals surface area contributed by atoms with E-state index in [0.717, 1.165) is 29.5 Å². The molecule has 13 heavy (non-hydrogen) atoms. The minimum atomic E-state index is 0.737. The summed E-state index contributed by atoms with van der Waals surface area (Å²) in [5.41, 5.74) is 2.69. The zero-order chi connectivity index (χ0) is 9.26. The Labute approximate surface area is 76.0 Å². The second-order valence-electron chi connectivity index (χ2n) is 2.88. The highest BCUT2D eigenvalue weighted by atomic mass is 16.1. The molecule has 0 unspecified atom stereocenters. The first-order valence-corrected chi connectivity index (χ1v) is 4.27. The van der Waals surface area contributed by atoms with E-state index in [-0.39, 0.29) is 0 Å². The van der Waals surface area contributed by atoms with Crippen molar-refractivity contribution in [2.75, 3.05) is 0 Å². The van der Waals surface area contributed by atoms with Gasteiger partial charge in [0, 0.05) is 11.8 Å². The number of hydrogen-bond acceptors (Lipinski definition) is 2. The first kappa shape index (κ1) is 7.98. The smallest absolute Gasteiger partial charge is 0.151 e. The molecule has 0 N–H and O–H groups in total. The molecule has 0 saturated heterocycles. The molecule has 2 rings (SSSR count). The maximum atomic E-state index is 10.7. The third kappa shape index (κ3) is 1.13. The lowest BCUT2D eigenvalue weighted by Crippen LogP contribution is -1.96. The predicted molar refractivity (Wildman–Crippen MR) is 50.0 cm³/mol. The number of aryl methyl sites for hydroxylation is 1. The van der Waals surface area contributed by atoms with Gasteiger partial charge in [-0.25, -0.2) is 4.52 Å². The summed E-state index contributed by atoms with van der Waals surface area (Å²) in [6.45, 7) is 2.02. The van der Waals surface area contributed by atoms with E-state index >= 15 is 0 Å². The first-order valence-electron chi connectivity index (χ1n) is 4.27. The number of carbonyl (C=O) groups excluding carboxylic acids is 1. The number of hydrogen-bond donors (Lipinski definition) is 0. The summed E-state index contributed by atoms with van der Waals surface area (Å²) in [5, 5.41) is 4.18. The average molecular weight is 174 g/mol. The Morgan fingerprint density at radius 3 is 3.15 bits per heavy atom. The van der Waals surface area contributed by atoms with Gasteiger partial charge in [-0.15, -0.1) is 0 Å². The average Bonchev–Trinajstić information content (AvgIpc) is 2.55. The number of carbonyl (C=O) groups is 1. The van der Waals surface area contributed by atoms with Crippen LogP contribution in [-0.4, -0.2) is 15.9 Å². The van der Waals surface area contributed by atoms with Gasteiger partial charge in [-0.2, -0.15) is 5.10 Å². The second kappa shape index (κ2) is 3.01. The van der Waals surface area contributed by atoms with Crippen molar-refractivity contribution in [3.05, 3.63) is 35.7 Å². The van der Waals surface area contributed by atoms with Crippen molar-refractivity contribution >= 4 is 11.8 Å². The Bertz CT molecular complexity index is 445. The minimum Gasteiger partial charge on any atom is -0.298 e. The van der Waals surface area contributed by atoms with Crippen molar-refractivity contribution in [2.45, 2.75) is 13.3 Å². The third-order valence-electron chi connectivity index (χ3n) is 2.13. The fraction of sp³-hybridized carbons (Fsp3) is 0.200. The van der Waals surface area contributed by atoms with Crippen LogP contribution in [0.2, 0.25) is 0 Å². The van der Waals surface area contributed by atoms with Gasteiger partial charge in [0.2, 0.25) is 0 Å². The lowest BCUT2D eigenvalue weighted by Gasteiger charge is -1.97. The van der Waals surface area contributed by atoms with Gasteiger partial charge in [0.15, 0.2) is 6.29 Å². The van der Waals surface area contributed by atoms with Crippen LogP contribution in [0.3, 0.4) is 0 Å². The van der Waals surface area contributed by atoms with Crippen LogP contribution in [0.25, 0.3) is 5.52 Å². The second-order valence-corrected chi connectivity index (χ2v) is 2.88. The molecule has 3 nitrogen and oxygen atoms in total. The van der Waals surface area contributed by atoms with Crippen molar-refractivity contribution in [1.82, 2.24) is 9.61 Å². The maximum absolute atomic E-state index is 10.7. The quantitative estimate of drug-likeness (QED) is 0.649. The van der Waals surface area contributed by atoms with Crippen LogP contribution in [-0.2, 0) is 6.42 Å². The van der Waals surface area contributed by atoms with E-state index < -0.39 is 0 Å². The number of fused-ring (bicyclic) bond motifs is 1. The molecule has 0 amide bonds. The fourth-order valence-corrected chi connectivity index (χ4v) is 1.54. The van der Waals surface area contributed by atoms with E-state index in [2.05, 4.69) is 5.10 Å². The van der Waals surface area contributed by atoms with Crippen LogP contribution in [0.15, 0.2) is 24.4 Å². The van der Waals surface area contributed by atoms with Gasteiger partial charge in [-0.1, -0.05) is 6.92 Å². The van der Waals surface area contributed by atoms with Gasteiger partial charge < -0.3 is 0 Å². The summed E-state index contributed by atoms with van der Waals surface area (Å²) in [5.74, 6) is 0. The topological polar surface area (TPSA) is 34.4 Å². The van der Waals surface area contributed by atoms with Gasteiger partial charge in [0.05, 0.1) is 11.2 Å². The molecule has 0 saturated carbocycles. The molecule has 66 valence electrons. The molecule has 0 aliphatic rings. The lowest BCUT2D eigenvalue weighted by atomic mass is 10.2. The summed E-state index contributed by atoms with van der Waals surface area (Å²) in [6, 6.07) is 5.67. The van der Waals surface area contributed by atoms with Crippen LogP contribution >= 0.6 is 0 Å². The Balaban J connectivity index is 2.81. The monoisotopic (exact) mass is 174 g/mol. The van der Waals surface area contributed by atoms with Gasteiger partial charge >= 0.3 is 0 Å². The summed E-state index contributed by atoms with van der Waals surface area (Å²) < 4.78 is 1.81. The molecular formula is C10H10N2O. The Hall–Kier alpha value is -1.64. The molecule has 0 aliphatic carbocycles. The first-order chi connectivity index (χ1) is 6.36. The van der Waals surface area contributed by atoms with E-state index in [0.29, 0.717) is 0 Å². The molecule has 2 aromatic heterocycles. The normalized spacial score (nSPS) is 10.5. The summed E-state index contributed by atoms with van der Waals surface area (Å²) in [7, 11) is 0. The van der Waals surface area contributed by atoms with E-state index in [1.165, 1.54) is 0 Å². The summed E-state index contributed by atoms with van der Waals surface area (Å²) in [4.78, 5) is 10.7. The standard InChI is InChI=1S/C10H10N2O/c1-2-10-8(7-13)6-9-4-3-5-11-12(9)10/h3-7H,2H2,1H3. The van der Waals surface area contributed by atoms with Crippen molar-refractivity contribution in [3.8, 4) is 0 Å².